The molecule has 11 heavy (non-hydrogen) atoms. The maximum absolute atomic E-state index is 9.68. The van der Waals surface area contributed by atoms with Gasteiger partial charge < -0.3 is 10.2 Å². The third kappa shape index (κ3) is 3.73. The fourth-order valence-corrected chi connectivity index (χ4v) is 1.56. The summed E-state index contributed by atoms with van der Waals surface area (Å²) < 4.78 is 0. The lowest BCUT2D eigenvalue weighted by atomic mass is 9.83. The van der Waals surface area contributed by atoms with Gasteiger partial charge in [0.15, 0.2) is 0 Å². The molecule has 0 aromatic rings. The molecule has 0 saturated heterocycles. The van der Waals surface area contributed by atoms with Crippen LogP contribution in [0, 0.1) is 0 Å². The van der Waals surface area contributed by atoms with Crippen molar-refractivity contribution in [1.29, 1.82) is 0 Å². The number of rotatable bonds is 1. The molecule has 1 fully saturated rings. The van der Waals surface area contributed by atoms with Crippen molar-refractivity contribution in [2.45, 2.75) is 51.0 Å². The zero-order valence-corrected chi connectivity index (χ0v) is 7.64. The van der Waals surface area contributed by atoms with Gasteiger partial charge in [-0.3, -0.25) is 0 Å². The summed E-state index contributed by atoms with van der Waals surface area (Å²) >= 11 is 0. The SMILES string of the molecule is CCC1(O)CCCCC1.CO. The summed E-state index contributed by atoms with van der Waals surface area (Å²) in [5.41, 5.74) is -0.280. The number of aliphatic hydroxyl groups is 2. The smallest absolute Gasteiger partial charge is 0.0645 e. The van der Waals surface area contributed by atoms with Crippen LogP contribution >= 0.6 is 0 Å². The van der Waals surface area contributed by atoms with Crippen molar-refractivity contribution in [3.05, 3.63) is 0 Å². The molecule has 0 aliphatic heterocycles. The van der Waals surface area contributed by atoms with Gasteiger partial charge in [0, 0.05) is 7.11 Å². The Labute approximate surface area is 69.2 Å². The first-order valence-electron chi connectivity index (χ1n) is 4.44. The summed E-state index contributed by atoms with van der Waals surface area (Å²) in [6, 6.07) is 0. The summed E-state index contributed by atoms with van der Waals surface area (Å²) in [5.74, 6) is 0. The van der Waals surface area contributed by atoms with Gasteiger partial charge in [-0.15, -0.1) is 0 Å². The van der Waals surface area contributed by atoms with Crippen molar-refractivity contribution >= 4 is 0 Å². The molecule has 2 N–H and O–H groups in total. The van der Waals surface area contributed by atoms with E-state index in [1.807, 2.05) is 0 Å². The Hall–Kier alpha value is -0.0800. The van der Waals surface area contributed by atoms with Gasteiger partial charge in [0.25, 0.3) is 0 Å². The van der Waals surface area contributed by atoms with Crippen LogP contribution in [0.15, 0.2) is 0 Å². The Bertz CT molecular complexity index is 85.6. The first kappa shape index (κ1) is 10.9. The van der Waals surface area contributed by atoms with Crippen LogP contribution in [0.25, 0.3) is 0 Å². The van der Waals surface area contributed by atoms with Crippen LogP contribution in [0.2, 0.25) is 0 Å². The highest BCUT2D eigenvalue weighted by molar-refractivity contribution is 4.79. The zero-order chi connectivity index (χ0) is 8.74. The second-order valence-corrected chi connectivity index (χ2v) is 3.14. The van der Waals surface area contributed by atoms with Gasteiger partial charge in [-0.2, -0.15) is 0 Å². The molecule has 1 saturated carbocycles. The lowest BCUT2D eigenvalue weighted by Gasteiger charge is -2.30. The Morgan fingerprint density at radius 3 is 1.82 bits per heavy atom. The monoisotopic (exact) mass is 160 g/mol. The molecule has 0 aromatic carbocycles. The van der Waals surface area contributed by atoms with Gasteiger partial charge in [0.05, 0.1) is 5.60 Å². The fourth-order valence-electron chi connectivity index (χ4n) is 1.56. The molecule has 2 heteroatoms. The van der Waals surface area contributed by atoms with Gasteiger partial charge >= 0.3 is 0 Å². The zero-order valence-electron chi connectivity index (χ0n) is 7.64. The summed E-state index contributed by atoms with van der Waals surface area (Å²) in [7, 11) is 1.00. The van der Waals surface area contributed by atoms with Crippen molar-refractivity contribution in [2.75, 3.05) is 7.11 Å². The maximum Gasteiger partial charge on any atom is 0.0645 e. The topological polar surface area (TPSA) is 40.5 Å². The molecule has 0 radical (unpaired) electrons. The van der Waals surface area contributed by atoms with E-state index < -0.39 is 0 Å². The normalized spacial score (nSPS) is 21.8. The number of hydrogen-bond acceptors (Lipinski definition) is 2. The molecule has 0 aromatic heterocycles. The molecular formula is C9H20O2. The lowest BCUT2D eigenvalue weighted by molar-refractivity contribution is 0.000673. The van der Waals surface area contributed by atoms with E-state index in [0.29, 0.717) is 0 Å². The molecular weight excluding hydrogens is 140 g/mol. The highest BCUT2D eigenvalue weighted by atomic mass is 16.3. The summed E-state index contributed by atoms with van der Waals surface area (Å²) in [4.78, 5) is 0. The Balaban J connectivity index is 0.000000461. The maximum atomic E-state index is 9.68. The minimum absolute atomic E-state index is 0.280. The quantitative estimate of drug-likeness (QED) is 0.613. The predicted octanol–water partition coefficient (Wildman–Crippen LogP) is 1.70. The van der Waals surface area contributed by atoms with Gasteiger partial charge in [0.2, 0.25) is 0 Å². The standard InChI is InChI=1S/C8H16O.CH4O/c1-2-8(9)6-4-3-5-7-8;1-2/h9H,2-7H2,1H3;2H,1H3. The second-order valence-electron chi connectivity index (χ2n) is 3.14. The van der Waals surface area contributed by atoms with Crippen molar-refractivity contribution in [3.8, 4) is 0 Å². The van der Waals surface area contributed by atoms with Crippen molar-refractivity contribution in [1.82, 2.24) is 0 Å². The minimum atomic E-state index is -0.280. The third-order valence-electron chi connectivity index (χ3n) is 2.44. The Morgan fingerprint density at radius 2 is 1.55 bits per heavy atom. The second kappa shape index (κ2) is 5.56. The van der Waals surface area contributed by atoms with E-state index in [0.717, 1.165) is 26.4 Å². The molecule has 1 rings (SSSR count). The molecule has 0 unspecified atom stereocenters. The van der Waals surface area contributed by atoms with E-state index in [2.05, 4.69) is 6.92 Å². The van der Waals surface area contributed by atoms with E-state index in [9.17, 15) is 5.11 Å². The predicted molar refractivity (Wildman–Crippen MR) is 46.5 cm³/mol. The van der Waals surface area contributed by atoms with Crippen molar-refractivity contribution in [3.63, 3.8) is 0 Å². The first-order chi connectivity index (χ1) is 5.27. The molecule has 1 aliphatic rings. The van der Waals surface area contributed by atoms with Crippen LogP contribution in [-0.4, -0.2) is 22.9 Å². The van der Waals surface area contributed by atoms with Crippen molar-refractivity contribution in [2.24, 2.45) is 0 Å². The van der Waals surface area contributed by atoms with E-state index in [1.165, 1.54) is 19.3 Å². The Morgan fingerprint density at radius 1 is 1.09 bits per heavy atom. The molecule has 0 atom stereocenters. The molecule has 0 heterocycles. The summed E-state index contributed by atoms with van der Waals surface area (Å²) in [5, 5.41) is 16.7. The molecule has 0 spiro atoms. The van der Waals surface area contributed by atoms with Crippen LogP contribution in [-0.2, 0) is 0 Å². The average molecular weight is 160 g/mol. The Kier molecular flexibility index (Phi) is 5.51. The third-order valence-corrected chi connectivity index (χ3v) is 2.44. The summed E-state index contributed by atoms with van der Waals surface area (Å²) in [6.45, 7) is 2.07. The van der Waals surface area contributed by atoms with Crippen LogP contribution < -0.4 is 0 Å². The van der Waals surface area contributed by atoms with Crippen molar-refractivity contribution < 1.29 is 10.2 Å². The van der Waals surface area contributed by atoms with E-state index >= 15 is 0 Å². The first-order valence-corrected chi connectivity index (χ1v) is 4.44. The van der Waals surface area contributed by atoms with Gasteiger partial charge in [0.1, 0.15) is 0 Å². The van der Waals surface area contributed by atoms with E-state index in [4.69, 9.17) is 5.11 Å². The fraction of sp³-hybridized carbons (Fsp3) is 1.00. The largest absolute Gasteiger partial charge is 0.400 e. The number of hydrogen-bond donors (Lipinski definition) is 2. The van der Waals surface area contributed by atoms with Crippen LogP contribution in [0.5, 0.6) is 0 Å². The van der Waals surface area contributed by atoms with E-state index in [1.54, 1.807) is 0 Å². The van der Waals surface area contributed by atoms with Crippen LogP contribution in [0.1, 0.15) is 45.4 Å². The van der Waals surface area contributed by atoms with E-state index in [-0.39, 0.29) is 5.60 Å². The highest BCUT2D eigenvalue weighted by Gasteiger charge is 2.26. The molecule has 2 nitrogen and oxygen atoms in total. The number of aliphatic hydroxyl groups excluding tert-OH is 1. The van der Waals surface area contributed by atoms with Gasteiger partial charge in [-0.25, -0.2) is 0 Å². The molecule has 68 valence electrons. The highest BCUT2D eigenvalue weighted by Crippen LogP contribution is 2.30. The van der Waals surface area contributed by atoms with Gasteiger partial charge in [-0.05, 0) is 19.3 Å². The minimum Gasteiger partial charge on any atom is -0.400 e. The lowest BCUT2D eigenvalue weighted by Crippen LogP contribution is -2.29. The van der Waals surface area contributed by atoms with Gasteiger partial charge in [-0.1, -0.05) is 26.2 Å². The van der Waals surface area contributed by atoms with Crippen LogP contribution in [0.3, 0.4) is 0 Å². The average Bonchev–Trinajstić information content (AvgIpc) is 2.10. The molecule has 0 amide bonds. The molecule has 1 aliphatic carbocycles. The summed E-state index contributed by atoms with van der Waals surface area (Å²) in [6.07, 6.45) is 6.77. The van der Waals surface area contributed by atoms with Crippen LogP contribution in [0.4, 0.5) is 0 Å². The molecule has 0 bridgehead atoms.